The maximum atomic E-state index is 11.6. The smallest absolute Gasteiger partial charge is 0.139 e. The van der Waals surface area contributed by atoms with E-state index in [1.807, 2.05) is 6.92 Å². The lowest BCUT2D eigenvalue weighted by atomic mass is 9.66. The van der Waals surface area contributed by atoms with Crippen molar-refractivity contribution in [3.05, 3.63) is 0 Å². The molecule has 1 nitrogen and oxygen atoms in total. The van der Waals surface area contributed by atoms with Crippen molar-refractivity contribution in [3.8, 4) is 12.3 Å². The number of carbonyl (C=O) groups is 1. The highest BCUT2D eigenvalue weighted by atomic mass is 16.1. The topological polar surface area (TPSA) is 17.1 Å². The van der Waals surface area contributed by atoms with Gasteiger partial charge in [-0.3, -0.25) is 4.79 Å². The van der Waals surface area contributed by atoms with Gasteiger partial charge >= 0.3 is 0 Å². The van der Waals surface area contributed by atoms with Crippen LogP contribution >= 0.6 is 0 Å². The quantitative estimate of drug-likeness (QED) is 0.544. The number of hydrogen-bond donors (Lipinski definition) is 0. The van der Waals surface area contributed by atoms with E-state index >= 15 is 0 Å². The summed E-state index contributed by atoms with van der Waals surface area (Å²) in [6.45, 7) is 4.15. The molecule has 1 aliphatic rings. The number of ketones is 1. The Morgan fingerprint density at radius 3 is 2.92 bits per heavy atom. The van der Waals surface area contributed by atoms with E-state index in [2.05, 4.69) is 12.8 Å². The second-order valence-electron chi connectivity index (χ2n) is 4.01. The third-order valence-electron chi connectivity index (χ3n) is 3.23. The fourth-order valence-corrected chi connectivity index (χ4v) is 1.93. The molecule has 0 heterocycles. The van der Waals surface area contributed by atoms with Gasteiger partial charge in [-0.1, -0.05) is 13.8 Å². The van der Waals surface area contributed by atoms with Crippen LogP contribution in [-0.4, -0.2) is 5.78 Å². The predicted octanol–water partition coefficient (Wildman–Crippen LogP) is 2.41. The van der Waals surface area contributed by atoms with Gasteiger partial charge in [0.1, 0.15) is 5.78 Å². The van der Waals surface area contributed by atoms with E-state index in [0.29, 0.717) is 18.1 Å². The van der Waals surface area contributed by atoms with Crippen LogP contribution < -0.4 is 0 Å². The lowest BCUT2D eigenvalue weighted by Gasteiger charge is -2.36. The fourth-order valence-electron chi connectivity index (χ4n) is 1.93. The minimum Gasteiger partial charge on any atom is -0.299 e. The summed E-state index contributed by atoms with van der Waals surface area (Å²) in [5, 5.41) is 0. The van der Waals surface area contributed by atoms with Gasteiger partial charge in [0.2, 0.25) is 0 Å². The summed E-state index contributed by atoms with van der Waals surface area (Å²) in [6.07, 6.45) is 8.78. The second kappa shape index (κ2) is 3.31. The number of hydrogen-bond acceptors (Lipinski definition) is 1. The van der Waals surface area contributed by atoms with Crippen LogP contribution in [0.1, 0.15) is 39.5 Å². The average molecular weight is 164 g/mol. The molecule has 1 aliphatic carbocycles. The Hall–Kier alpha value is -0.770. The summed E-state index contributed by atoms with van der Waals surface area (Å²) < 4.78 is 0. The van der Waals surface area contributed by atoms with Crippen molar-refractivity contribution < 1.29 is 4.79 Å². The first-order chi connectivity index (χ1) is 5.61. The van der Waals surface area contributed by atoms with E-state index < -0.39 is 0 Å². The first-order valence-electron chi connectivity index (χ1n) is 4.58. The molecule has 1 rings (SSSR count). The molecule has 0 N–H and O–H groups in total. The van der Waals surface area contributed by atoms with Gasteiger partial charge in [0, 0.05) is 18.3 Å². The van der Waals surface area contributed by atoms with Gasteiger partial charge in [-0.05, 0) is 18.8 Å². The van der Waals surface area contributed by atoms with Gasteiger partial charge in [0.25, 0.3) is 0 Å². The van der Waals surface area contributed by atoms with Crippen LogP contribution in [0.15, 0.2) is 0 Å². The summed E-state index contributed by atoms with van der Waals surface area (Å²) in [5.41, 5.74) is -0.229. The van der Waals surface area contributed by atoms with Crippen LogP contribution in [0.3, 0.4) is 0 Å². The molecule has 0 aliphatic heterocycles. The molecule has 1 saturated carbocycles. The lowest BCUT2D eigenvalue weighted by Crippen LogP contribution is -2.37. The second-order valence-corrected chi connectivity index (χ2v) is 4.01. The number of Topliss-reactive ketones (excluding diaryl/α,β-unsaturated/α-hetero) is 1. The average Bonchev–Trinajstić information content (AvgIpc) is 2.02. The molecular formula is C11H16O. The van der Waals surface area contributed by atoms with E-state index in [0.717, 1.165) is 19.3 Å². The SMILES string of the molecule is C#CC[C@@]1(C)C(=O)CCC[C@@H]1C. The van der Waals surface area contributed by atoms with Crippen molar-refractivity contribution in [3.63, 3.8) is 0 Å². The molecule has 0 aromatic rings. The van der Waals surface area contributed by atoms with E-state index in [9.17, 15) is 4.79 Å². The monoisotopic (exact) mass is 164 g/mol. The minimum atomic E-state index is -0.229. The van der Waals surface area contributed by atoms with Crippen LogP contribution in [0.4, 0.5) is 0 Å². The van der Waals surface area contributed by atoms with Crippen molar-refractivity contribution in [2.45, 2.75) is 39.5 Å². The zero-order valence-corrected chi connectivity index (χ0v) is 7.89. The standard InChI is InChI=1S/C11H16O/c1-4-8-11(3)9(2)6-5-7-10(11)12/h1,9H,5-8H2,2-3H3/t9-,11+/m0/s1. The summed E-state index contributed by atoms with van der Waals surface area (Å²) in [5.74, 6) is 3.43. The van der Waals surface area contributed by atoms with Crippen molar-refractivity contribution in [1.29, 1.82) is 0 Å². The van der Waals surface area contributed by atoms with E-state index in [1.165, 1.54) is 0 Å². The summed E-state index contributed by atoms with van der Waals surface area (Å²) in [4.78, 5) is 11.6. The van der Waals surface area contributed by atoms with Crippen LogP contribution in [0.5, 0.6) is 0 Å². The largest absolute Gasteiger partial charge is 0.299 e. The molecular weight excluding hydrogens is 148 g/mol. The molecule has 1 heteroatoms. The minimum absolute atomic E-state index is 0.229. The van der Waals surface area contributed by atoms with E-state index in [-0.39, 0.29) is 5.41 Å². The highest BCUT2D eigenvalue weighted by Gasteiger charge is 2.39. The summed E-state index contributed by atoms with van der Waals surface area (Å²) in [7, 11) is 0. The maximum absolute atomic E-state index is 11.6. The summed E-state index contributed by atoms with van der Waals surface area (Å²) in [6, 6.07) is 0. The van der Waals surface area contributed by atoms with Gasteiger partial charge in [-0.25, -0.2) is 0 Å². The molecule has 12 heavy (non-hydrogen) atoms. The fraction of sp³-hybridized carbons (Fsp3) is 0.727. The Kier molecular flexibility index (Phi) is 2.57. The van der Waals surface area contributed by atoms with Crippen molar-refractivity contribution in [2.75, 3.05) is 0 Å². The highest BCUT2D eigenvalue weighted by Crippen LogP contribution is 2.40. The van der Waals surface area contributed by atoms with Crippen LogP contribution in [0.25, 0.3) is 0 Å². The van der Waals surface area contributed by atoms with Gasteiger partial charge in [0.05, 0.1) is 0 Å². The Morgan fingerprint density at radius 2 is 2.42 bits per heavy atom. The maximum Gasteiger partial charge on any atom is 0.139 e. The first-order valence-corrected chi connectivity index (χ1v) is 4.58. The molecule has 66 valence electrons. The Balaban J connectivity index is 2.81. The van der Waals surface area contributed by atoms with Crippen LogP contribution in [-0.2, 0) is 4.79 Å². The molecule has 0 saturated heterocycles. The number of rotatable bonds is 1. The Labute approximate surface area is 74.5 Å². The van der Waals surface area contributed by atoms with Gasteiger partial charge in [-0.2, -0.15) is 0 Å². The number of carbonyl (C=O) groups excluding carboxylic acids is 1. The first kappa shape index (κ1) is 9.32. The van der Waals surface area contributed by atoms with Crippen molar-refractivity contribution in [1.82, 2.24) is 0 Å². The van der Waals surface area contributed by atoms with Crippen LogP contribution in [0.2, 0.25) is 0 Å². The van der Waals surface area contributed by atoms with Crippen molar-refractivity contribution in [2.24, 2.45) is 11.3 Å². The molecule has 0 spiro atoms. The molecule has 0 radical (unpaired) electrons. The third kappa shape index (κ3) is 1.39. The van der Waals surface area contributed by atoms with Gasteiger partial charge in [0.15, 0.2) is 0 Å². The molecule has 0 aromatic carbocycles. The van der Waals surface area contributed by atoms with Gasteiger partial charge in [-0.15, -0.1) is 12.3 Å². The molecule has 0 unspecified atom stereocenters. The third-order valence-corrected chi connectivity index (χ3v) is 3.23. The molecule has 2 atom stereocenters. The molecule has 1 fully saturated rings. The number of terminal acetylenes is 1. The zero-order valence-electron chi connectivity index (χ0n) is 7.89. The highest BCUT2D eigenvalue weighted by molar-refractivity contribution is 5.85. The summed E-state index contributed by atoms with van der Waals surface area (Å²) >= 11 is 0. The Bertz CT molecular complexity index is 224. The van der Waals surface area contributed by atoms with Crippen LogP contribution in [0, 0.1) is 23.7 Å². The van der Waals surface area contributed by atoms with E-state index in [1.54, 1.807) is 0 Å². The van der Waals surface area contributed by atoms with Gasteiger partial charge < -0.3 is 0 Å². The zero-order chi connectivity index (χ0) is 9.19. The lowest BCUT2D eigenvalue weighted by molar-refractivity contribution is -0.133. The predicted molar refractivity (Wildman–Crippen MR) is 49.6 cm³/mol. The molecule has 0 amide bonds. The van der Waals surface area contributed by atoms with E-state index in [4.69, 9.17) is 6.42 Å². The van der Waals surface area contributed by atoms with Crippen molar-refractivity contribution >= 4 is 5.78 Å². The molecule has 0 aromatic heterocycles. The Morgan fingerprint density at radius 1 is 1.75 bits per heavy atom. The normalized spacial score (nSPS) is 36.1. The molecule has 0 bridgehead atoms.